The van der Waals surface area contributed by atoms with E-state index < -0.39 is 0 Å². The normalized spacial score (nSPS) is 14.6. The molecule has 0 saturated carbocycles. The third kappa shape index (κ3) is 4.06. The maximum atomic E-state index is 12.8. The molecule has 0 aliphatic carbocycles. The number of carbonyl (C=O) groups is 2. The van der Waals surface area contributed by atoms with Crippen molar-refractivity contribution in [1.82, 2.24) is 20.2 Å². The number of nitrogens with zero attached hydrogens (tertiary/aromatic N) is 2. The predicted molar refractivity (Wildman–Crippen MR) is 106 cm³/mol. The Morgan fingerprint density at radius 2 is 1.97 bits per heavy atom. The molecule has 0 atom stereocenters. The molecule has 154 valence electrons. The maximum Gasteiger partial charge on any atom is 0.287 e. The van der Waals surface area contributed by atoms with Gasteiger partial charge < -0.3 is 24.7 Å². The molecule has 3 heterocycles. The summed E-state index contributed by atoms with van der Waals surface area (Å²) in [6.45, 7) is 5.92. The molecule has 0 unspecified atom stereocenters. The van der Waals surface area contributed by atoms with Crippen LogP contribution in [0.3, 0.4) is 0 Å². The Labute approximate surface area is 169 Å². The van der Waals surface area contributed by atoms with Gasteiger partial charge >= 0.3 is 0 Å². The zero-order valence-electron chi connectivity index (χ0n) is 16.8. The number of rotatable bonds is 6. The molecule has 8 heteroatoms. The van der Waals surface area contributed by atoms with Gasteiger partial charge in [-0.15, -0.1) is 0 Å². The molecule has 0 fully saturated rings. The average molecular weight is 398 g/mol. The molecule has 0 saturated heterocycles. The van der Waals surface area contributed by atoms with Gasteiger partial charge in [0.1, 0.15) is 5.69 Å². The van der Waals surface area contributed by atoms with Crippen LogP contribution in [0.15, 0.2) is 18.2 Å². The number of amides is 2. The molecule has 1 aromatic heterocycles. The van der Waals surface area contributed by atoms with E-state index in [9.17, 15) is 9.59 Å². The van der Waals surface area contributed by atoms with Crippen LogP contribution in [0.2, 0.25) is 0 Å². The molecule has 2 N–H and O–H groups in total. The number of carbonyl (C=O) groups excluding carboxylic acids is 2. The van der Waals surface area contributed by atoms with E-state index in [2.05, 4.69) is 15.6 Å². The molecule has 0 radical (unpaired) electrons. The number of ether oxygens (including phenoxy) is 2. The Morgan fingerprint density at radius 1 is 1.14 bits per heavy atom. The highest BCUT2D eigenvalue weighted by atomic mass is 16.7. The third-order valence-corrected chi connectivity index (χ3v) is 5.10. The molecular formula is C21H26N4O4. The summed E-state index contributed by atoms with van der Waals surface area (Å²) in [7, 11) is 0. The lowest BCUT2D eigenvalue weighted by atomic mass is 10.1. The minimum atomic E-state index is -0.284. The molecule has 1 aromatic carbocycles. The lowest BCUT2D eigenvalue weighted by Gasteiger charge is -2.17. The molecule has 4 rings (SSSR count). The van der Waals surface area contributed by atoms with Gasteiger partial charge in [-0.2, -0.15) is 0 Å². The van der Waals surface area contributed by atoms with Crippen molar-refractivity contribution in [3.63, 3.8) is 0 Å². The van der Waals surface area contributed by atoms with Crippen LogP contribution in [-0.2, 0) is 19.5 Å². The summed E-state index contributed by atoms with van der Waals surface area (Å²) < 4.78 is 12.6. The molecule has 2 aliphatic rings. The van der Waals surface area contributed by atoms with Crippen LogP contribution in [0.1, 0.15) is 59.1 Å². The average Bonchev–Trinajstić information content (AvgIpc) is 3.34. The van der Waals surface area contributed by atoms with Crippen molar-refractivity contribution in [2.24, 2.45) is 5.92 Å². The topological polar surface area (TPSA) is 94.5 Å². The second-order valence-corrected chi connectivity index (χ2v) is 7.81. The van der Waals surface area contributed by atoms with Crippen molar-refractivity contribution in [1.29, 1.82) is 0 Å². The van der Waals surface area contributed by atoms with Crippen LogP contribution in [-0.4, -0.2) is 34.7 Å². The third-order valence-electron chi connectivity index (χ3n) is 5.10. The van der Waals surface area contributed by atoms with Crippen molar-refractivity contribution < 1.29 is 19.1 Å². The number of nitrogens with one attached hydrogen (secondary N) is 2. The van der Waals surface area contributed by atoms with Gasteiger partial charge in [0.2, 0.25) is 6.79 Å². The van der Waals surface area contributed by atoms with E-state index in [4.69, 9.17) is 9.47 Å². The van der Waals surface area contributed by atoms with Crippen molar-refractivity contribution in [2.75, 3.05) is 13.3 Å². The lowest BCUT2D eigenvalue weighted by Crippen LogP contribution is -2.29. The fourth-order valence-electron chi connectivity index (χ4n) is 3.59. The SMILES string of the molecule is CC(C)CNC(=O)c1nc(C(=O)NCc2ccc3c(c2)OCO3)n2c1CCCC2. The summed E-state index contributed by atoms with van der Waals surface area (Å²) in [5.41, 5.74) is 2.13. The summed E-state index contributed by atoms with van der Waals surface area (Å²) in [5.74, 6) is 1.54. The van der Waals surface area contributed by atoms with Gasteiger partial charge in [0.05, 0.1) is 5.69 Å². The second-order valence-electron chi connectivity index (χ2n) is 7.81. The van der Waals surface area contributed by atoms with E-state index in [-0.39, 0.29) is 18.6 Å². The minimum Gasteiger partial charge on any atom is -0.454 e. The monoisotopic (exact) mass is 398 g/mol. The number of aromatic nitrogens is 2. The van der Waals surface area contributed by atoms with Gasteiger partial charge in [0.15, 0.2) is 17.3 Å². The summed E-state index contributed by atoms with van der Waals surface area (Å²) in [4.78, 5) is 29.9. The number of imidazole rings is 1. The molecule has 2 amide bonds. The lowest BCUT2D eigenvalue weighted by molar-refractivity contribution is 0.0934. The number of fused-ring (bicyclic) bond motifs is 2. The quantitative estimate of drug-likeness (QED) is 0.778. The van der Waals surface area contributed by atoms with E-state index in [1.54, 1.807) is 0 Å². The first-order valence-corrected chi connectivity index (χ1v) is 10.1. The first-order chi connectivity index (χ1) is 14.0. The van der Waals surface area contributed by atoms with Crippen LogP contribution >= 0.6 is 0 Å². The van der Waals surface area contributed by atoms with E-state index in [1.807, 2.05) is 36.6 Å². The minimum absolute atomic E-state index is 0.209. The van der Waals surface area contributed by atoms with Crippen molar-refractivity contribution in [3.05, 3.63) is 41.0 Å². The highest BCUT2D eigenvalue weighted by Gasteiger charge is 2.27. The van der Waals surface area contributed by atoms with E-state index in [1.165, 1.54) is 0 Å². The van der Waals surface area contributed by atoms with Gasteiger partial charge in [0.25, 0.3) is 11.8 Å². The van der Waals surface area contributed by atoms with Gasteiger partial charge in [-0.25, -0.2) is 4.98 Å². The molecule has 8 nitrogen and oxygen atoms in total. The molecule has 29 heavy (non-hydrogen) atoms. The molecule has 0 bridgehead atoms. The highest BCUT2D eigenvalue weighted by Crippen LogP contribution is 2.32. The zero-order valence-corrected chi connectivity index (χ0v) is 16.8. The Hall–Kier alpha value is -3.03. The van der Waals surface area contributed by atoms with Crippen molar-refractivity contribution in [2.45, 2.75) is 46.2 Å². The summed E-state index contributed by atoms with van der Waals surface area (Å²) in [6, 6.07) is 5.58. The van der Waals surface area contributed by atoms with E-state index >= 15 is 0 Å². The first kappa shape index (κ1) is 19.3. The Bertz CT molecular complexity index is 935. The summed E-state index contributed by atoms with van der Waals surface area (Å²) >= 11 is 0. The summed E-state index contributed by atoms with van der Waals surface area (Å²) in [6.07, 6.45) is 2.72. The van der Waals surface area contributed by atoms with Gasteiger partial charge in [-0.05, 0) is 42.9 Å². The van der Waals surface area contributed by atoms with E-state index in [0.717, 1.165) is 30.5 Å². The van der Waals surface area contributed by atoms with Gasteiger partial charge in [0, 0.05) is 19.6 Å². The van der Waals surface area contributed by atoms with Gasteiger partial charge in [-0.3, -0.25) is 9.59 Å². The number of hydrogen-bond acceptors (Lipinski definition) is 5. The Morgan fingerprint density at radius 3 is 2.79 bits per heavy atom. The van der Waals surface area contributed by atoms with Gasteiger partial charge in [-0.1, -0.05) is 19.9 Å². The largest absolute Gasteiger partial charge is 0.454 e. The maximum absolute atomic E-state index is 12.8. The fourth-order valence-corrected chi connectivity index (χ4v) is 3.59. The first-order valence-electron chi connectivity index (χ1n) is 10.1. The smallest absolute Gasteiger partial charge is 0.287 e. The van der Waals surface area contributed by atoms with Crippen LogP contribution in [0.5, 0.6) is 11.5 Å². The Balaban J connectivity index is 1.49. The van der Waals surface area contributed by atoms with E-state index in [0.29, 0.717) is 48.6 Å². The van der Waals surface area contributed by atoms with Crippen LogP contribution in [0.4, 0.5) is 0 Å². The highest BCUT2D eigenvalue weighted by molar-refractivity contribution is 5.97. The Kier molecular flexibility index (Phi) is 5.42. The van der Waals surface area contributed by atoms with Crippen LogP contribution < -0.4 is 20.1 Å². The van der Waals surface area contributed by atoms with Crippen molar-refractivity contribution >= 4 is 11.8 Å². The molecular weight excluding hydrogens is 372 g/mol. The summed E-state index contributed by atoms with van der Waals surface area (Å²) in [5, 5.41) is 5.82. The fraction of sp³-hybridized carbons (Fsp3) is 0.476. The number of benzene rings is 1. The molecule has 0 spiro atoms. The second kappa shape index (κ2) is 8.14. The molecule has 2 aliphatic heterocycles. The van der Waals surface area contributed by atoms with Crippen LogP contribution in [0, 0.1) is 5.92 Å². The molecule has 2 aromatic rings. The zero-order chi connectivity index (χ0) is 20.4. The van der Waals surface area contributed by atoms with Crippen molar-refractivity contribution in [3.8, 4) is 11.5 Å². The van der Waals surface area contributed by atoms with Crippen LogP contribution in [0.25, 0.3) is 0 Å². The predicted octanol–water partition coefficient (Wildman–Crippen LogP) is 2.26. The number of hydrogen-bond donors (Lipinski definition) is 2. The standard InChI is InChI=1S/C21H26N4O4/c1-13(2)10-22-20(26)18-15-5-3-4-8-25(15)19(24-18)21(27)23-11-14-6-7-16-17(9-14)29-12-28-16/h6-7,9,13H,3-5,8,10-12H2,1-2H3,(H,22,26)(H,23,27).